The van der Waals surface area contributed by atoms with Crippen molar-refractivity contribution in [3.8, 4) is 0 Å². The molecule has 6 heteroatoms. The van der Waals surface area contributed by atoms with Gasteiger partial charge in [-0.05, 0) is 45.1 Å². The smallest absolute Gasteiger partial charge is 0.231 e. The average Bonchev–Trinajstić information content (AvgIpc) is 3.11. The molecule has 26 heavy (non-hydrogen) atoms. The summed E-state index contributed by atoms with van der Waals surface area (Å²) in [6.45, 7) is 3.97. The van der Waals surface area contributed by atoms with Gasteiger partial charge in [-0.2, -0.15) is 4.98 Å². The predicted molar refractivity (Wildman–Crippen MR) is 99.0 cm³/mol. The van der Waals surface area contributed by atoms with Gasteiger partial charge in [0.1, 0.15) is 11.6 Å². The summed E-state index contributed by atoms with van der Waals surface area (Å²) < 4.78 is 5.43. The van der Waals surface area contributed by atoms with Crippen molar-refractivity contribution in [3.63, 3.8) is 0 Å². The van der Waals surface area contributed by atoms with Crippen molar-refractivity contribution < 1.29 is 4.52 Å². The number of rotatable bonds is 5. The fourth-order valence-corrected chi connectivity index (χ4v) is 3.39. The summed E-state index contributed by atoms with van der Waals surface area (Å²) in [5.41, 5.74) is 3.57. The monoisotopic (exact) mass is 349 g/mol. The van der Waals surface area contributed by atoms with E-state index in [1.54, 1.807) is 0 Å². The van der Waals surface area contributed by atoms with Crippen molar-refractivity contribution in [1.82, 2.24) is 20.1 Å². The Balaban J connectivity index is 1.51. The van der Waals surface area contributed by atoms with Crippen LogP contribution in [-0.4, -0.2) is 20.1 Å². The van der Waals surface area contributed by atoms with Crippen molar-refractivity contribution in [2.24, 2.45) is 0 Å². The van der Waals surface area contributed by atoms with Gasteiger partial charge >= 0.3 is 0 Å². The van der Waals surface area contributed by atoms with Crippen LogP contribution in [0.15, 0.2) is 34.9 Å². The van der Waals surface area contributed by atoms with Crippen LogP contribution in [0.5, 0.6) is 0 Å². The van der Waals surface area contributed by atoms with Gasteiger partial charge in [-0.3, -0.25) is 0 Å². The molecule has 1 aliphatic carbocycles. The van der Waals surface area contributed by atoms with Gasteiger partial charge in [-0.1, -0.05) is 35.5 Å². The third-order valence-corrected chi connectivity index (χ3v) is 4.72. The topological polar surface area (TPSA) is 76.7 Å². The molecular weight excluding hydrogens is 326 g/mol. The SMILES string of the molecule is Cc1nc2c(c(NC(C)c3noc(Cc4ccccc4)n3)n1)CCCC2. The number of hydrogen-bond acceptors (Lipinski definition) is 6. The van der Waals surface area contributed by atoms with Crippen molar-refractivity contribution in [1.29, 1.82) is 0 Å². The molecule has 0 radical (unpaired) electrons. The second-order valence-electron chi connectivity index (χ2n) is 6.83. The van der Waals surface area contributed by atoms with Gasteiger partial charge in [0.15, 0.2) is 5.82 Å². The molecule has 0 aliphatic heterocycles. The molecule has 0 bridgehead atoms. The van der Waals surface area contributed by atoms with E-state index in [1.165, 1.54) is 24.1 Å². The van der Waals surface area contributed by atoms with Crippen LogP contribution in [0.1, 0.15) is 60.2 Å². The van der Waals surface area contributed by atoms with E-state index in [9.17, 15) is 0 Å². The minimum Gasteiger partial charge on any atom is -0.360 e. The Kier molecular flexibility index (Phi) is 4.65. The zero-order chi connectivity index (χ0) is 17.9. The van der Waals surface area contributed by atoms with Crippen LogP contribution in [0.4, 0.5) is 5.82 Å². The van der Waals surface area contributed by atoms with Gasteiger partial charge in [0, 0.05) is 11.3 Å². The Morgan fingerprint density at radius 2 is 1.88 bits per heavy atom. The van der Waals surface area contributed by atoms with Gasteiger partial charge in [-0.15, -0.1) is 0 Å². The lowest BCUT2D eigenvalue weighted by Gasteiger charge is -2.20. The van der Waals surface area contributed by atoms with Crippen LogP contribution in [0.2, 0.25) is 0 Å². The summed E-state index contributed by atoms with van der Waals surface area (Å²) in [5.74, 6) is 2.99. The standard InChI is InChI=1S/C20H23N5O/c1-13(19-24-18(26-25-19)12-15-8-4-3-5-9-15)21-20-16-10-6-7-11-17(16)22-14(2)23-20/h3-5,8-9,13H,6-7,10-12H2,1-2H3,(H,21,22,23). The first-order valence-electron chi connectivity index (χ1n) is 9.18. The van der Waals surface area contributed by atoms with Crippen molar-refractivity contribution in [2.45, 2.75) is 52.0 Å². The molecule has 0 saturated carbocycles. The molecule has 2 heterocycles. The highest BCUT2D eigenvalue weighted by molar-refractivity contribution is 5.48. The first-order valence-corrected chi connectivity index (χ1v) is 9.18. The first kappa shape index (κ1) is 16.7. The van der Waals surface area contributed by atoms with Crippen LogP contribution >= 0.6 is 0 Å². The lowest BCUT2D eigenvalue weighted by atomic mass is 9.96. The van der Waals surface area contributed by atoms with Crippen LogP contribution in [0, 0.1) is 6.92 Å². The lowest BCUT2D eigenvalue weighted by Crippen LogP contribution is -2.16. The molecule has 4 rings (SSSR count). The maximum Gasteiger partial charge on any atom is 0.231 e. The van der Waals surface area contributed by atoms with Crippen LogP contribution in [0.25, 0.3) is 0 Å². The van der Waals surface area contributed by atoms with E-state index in [-0.39, 0.29) is 6.04 Å². The Bertz CT molecular complexity index is 890. The molecule has 0 amide bonds. The van der Waals surface area contributed by atoms with E-state index in [1.807, 2.05) is 32.0 Å². The number of hydrogen-bond donors (Lipinski definition) is 1. The number of aromatic nitrogens is 4. The van der Waals surface area contributed by atoms with E-state index in [0.29, 0.717) is 18.1 Å². The summed E-state index contributed by atoms with van der Waals surface area (Å²) in [4.78, 5) is 13.8. The molecule has 3 aromatic rings. The van der Waals surface area contributed by atoms with E-state index in [4.69, 9.17) is 4.52 Å². The molecule has 1 unspecified atom stereocenters. The normalized spacial score (nSPS) is 14.7. The minimum absolute atomic E-state index is 0.0800. The lowest BCUT2D eigenvalue weighted by molar-refractivity contribution is 0.377. The number of nitrogens with one attached hydrogen (secondary N) is 1. The Morgan fingerprint density at radius 3 is 2.73 bits per heavy atom. The molecule has 1 aromatic carbocycles. The molecule has 0 spiro atoms. The fourth-order valence-electron chi connectivity index (χ4n) is 3.39. The Hall–Kier alpha value is -2.76. The van der Waals surface area contributed by atoms with Crippen LogP contribution in [0.3, 0.4) is 0 Å². The summed E-state index contributed by atoms with van der Waals surface area (Å²) in [6, 6.07) is 10.1. The van der Waals surface area contributed by atoms with Crippen LogP contribution in [-0.2, 0) is 19.3 Å². The van der Waals surface area contributed by atoms with Crippen molar-refractivity contribution >= 4 is 5.82 Å². The minimum atomic E-state index is -0.0800. The second-order valence-corrected chi connectivity index (χ2v) is 6.83. The molecule has 134 valence electrons. The molecule has 1 aliphatic rings. The molecule has 2 aromatic heterocycles. The van der Waals surface area contributed by atoms with Gasteiger partial charge in [0.25, 0.3) is 0 Å². The highest BCUT2D eigenvalue weighted by Gasteiger charge is 2.20. The maximum atomic E-state index is 5.43. The highest BCUT2D eigenvalue weighted by Crippen LogP contribution is 2.27. The Morgan fingerprint density at radius 1 is 1.08 bits per heavy atom. The largest absolute Gasteiger partial charge is 0.360 e. The van der Waals surface area contributed by atoms with E-state index in [0.717, 1.165) is 30.0 Å². The van der Waals surface area contributed by atoms with Gasteiger partial charge in [-0.25, -0.2) is 9.97 Å². The number of anilines is 1. The molecule has 0 fully saturated rings. The maximum absolute atomic E-state index is 5.43. The van der Waals surface area contributed by atoms with Crippen molar-refractivity contribution in [2.75, 3.05) is 5.32 Å². The third kappa shape index (κ3) is 3.59. The number of fused-ring (bicyclic) bond motifs is 1. The second kappa shape index (κ2) is 7.23. The summed E-state index contributed by atoms with van der Waals surface area (Å²) in [6.07, 6.45) is 5.09. The van der Waals surface area contributed by atoms with E-state index >= 15 is 0 Å². The van der Waals surface area contributed by atoms with Gasteiger partial charge < -0.3 is 9.84 Å². The average molecular weight is 349 g/mol. The van der Waals surface area contributed by atoms with Crippen molar-refractivity contribution in [3.05, 3.63) is 64.7 Å². The van der Waals surface area contributed by atoms with E-state index in [2.05, 4.69) is 37.6 Å². The molecule has 1 atom stereocenters. The number of aryl methyl sites for hydroxylation is 2. The molecular formula is C20H23N5O. The highest BCUT2D eigenvalue weighted by atomic mass is 16.5. The van der Waals surface area contributed by atoms with Crippen LogP contribution < -0.4 is 5.32 Å². The first-order chi connectivity index (χ1) is 12.7. The summed E-state index contributed by atoms with van der Waals surface area (Å²) in [7, 11) is 0. The number of benzene rings is 1. The van der Waals surface area contributed by atoms with E-state index < -0.39 is 0 Å². The number of nitrogens with zero attached hydrogens (tertiary/aromatic N) is 4. The zero-order valence-electron chi connectivity index (χ0n) is 15.2. The third-order valence-electron chi connectivity index (χ3n) is 4.72. The predicted octanol–water partition coefficient (Wildman–Crippen LogP) is 3.81. The quantitative estimate of drug-likeness (QED) is 0.755. The Labute approximate surface area is 153 Å². The molecule has 1 N–H and O–H groups in total. The fraction of sp³-hybridized carbons (Fsp3) is 0.400. The molecule has 0 saturated heterocycles. The van der Waals surface area contributed by atoms with Gasteiger partial charge in [0.2, 0.25) is 5.89 Å². The molecule has 6 nitrogen and oxygen atoms in total. The summed E-state index contributed by atoms with van der Waals surface area (Å²) >= 11 is 0. The summed E-state index contributed by atoms with van der Waals surface area (Å²) in [5, 5.41) is 7.62. The van der Waals surface area contributed by atoms with Gasteiger partial charge in [0.05, 0.1) is 12.5 Å². The zero-order valence-corrected chi connectivity index (χ0v) is 15.2.